The van der Waals surface area contributed by atoms with Crippen molar-refractivity contribution >= 4 is 21.8 Å². The van der Waals surface area contributed by atoms with Gasteiger partial charge in [0.15, 0.2) is 5.69 Å². The van der Waals surface area contributed by atoms with Crippen LogP contribution in [0.4, 0.5) is 0 Å². The third-order valence-corrected chi connectivity index (χ3v) is 3.67. The quantitative estimate of drug-likeness (QED) is 0.853. The van der Waals surface area contributed by atoms with Gasteiger partial charge in [-0.05, 0) is 31.0 Å². The number of hydrogen-bond acceptors (Lipinski definition) is 3. The van der Waals surface area contributed by atoms with Crippen molar-refractivity contribution in [3.63, 3.8) is 0 Å². The highest BCUT2D eigenvalue weighted by Gasteiger charge is 2.22. The maximum atomic E-state index is 12.2. The highest BCUT2D eigenvalue weighted by molar-refractivity contribution is 9.10. The van der Waals surface area contributed by atoms with Crippen LogP contribution in [0.2, 0.25) is 0 Å². The van der Waals surface area contributed by atoms with Crippen molar-refractivity contribution in [3.05, 3.63) is 40.6 Å². The summed E-state index contributed by atoms with van der Waals surface area (Å²) in [6.45, 7) is 1.64. The van der Waals surface area contributed by atoms with Crippen LogP contribution >= 0.6 is 15.9 Å². The van der Waals surface area contributed by atoms with E-state index in [0.717, 1.165) is 36.1 Å². The number of carbonyl (C=O) groups is 1. The normalized spacial score (nSPS) is 14.9. The van der Waals surface area contributed by atoms with Gasteiger partial charge < -0.3 is 4.90 Å². The first kappa shape index (κ1) is 12.3. The summed E-state index contributed by atoms with van der Waals surface area (Å²) in [5.41, 5.74) is 1.28. The van der Waals surface area contributed by atoms with Gasteiger partial charge >= 0.3 is 0 Å². The van der Waals surface area contributed by atoms with Gasteiger partial charge in [0, 0.05) is 17.6 Å². The van der Waals surface area contributed by atoms with E-state index in [0.29, 0.717) is 5.69 Å². The molecule has 2 heterocycles. The summed E-state index contributed by atoms with van der Waals surface area (Å²) >= 11 is 3.41. The lowest BCUT2D eigenvalue weighted by Gasteiger charge is -2.12. The van der Waals surface area contributed by atoms with Gasteiger partial charge in [-0.25, -0.2) is 4.68 Å². The van der Waals surface area contributed by atoms with E-state index < -0.39 is 0 Å². The number of rotatable bonds is 2. The Bertz CT molecular complexity index is 604. The van der Waals surface area contributed by atoms with E-state index in [1.807, 2.05) is 29.2 Å². The molecular weight excluding hydrogens is 308 g/mol. The largest absolute Gasteiger partial charge is 0.337 e. The van der Waals surface area contributed by atoms with Crippen LogP contribution in [0.15, 0.2) is 34.9 Å². The van der Waals surface area contributed by atoms with Crippen molar-refractivity contribution in [2.45, 2.75) is 12.8 Å². The van der Waals surface area contributed by atoms with Gasteiger partial charge in [-0.15, -0.1) is 5.10 Å². The van der Waals surface area contributed by atoms with E-state index in [4.69, 9.17) is 0 Å². The SMILES string of the molecule is O=C(c1cn(-c2cccc(Br)c2)nn1)N1CCCC1. The molecule has 1 saturated heterocycles. The molecule has 3 rings (SSSR count). The van der Waals surface area contributed by atoms with E-state index in [1.165, 1.54) is 0 Å². The number of carbonyl (C=O) groups excluding carboxylic acids is 1. The van der Waals surface area contributed by atoms with Gasteiger partial charge in [0.05, 0.1) is 11.9 Å². The van der Waals surface area contributed by atoms with Crippen LogP contribution in [-0.4, -0.2) is 38.9 Å². The summed E-state index contributed by atoms with van der Waals surface area (Å²) in [6, 6.07) is 7.71. The minimum Gasteiger partial charge on any atom is -0.337 e. The van der Waals surface area contributed by atoms with Crippen LogP contribution in [0.5, 0.6) is 0 Å². The monoisotopic (exact) mass is 320 g/mol. The topological polar surface area (TPSA) is 51.0 Å². The zero-order valence-corrected chi connectivity index (χ0v) is 11.9. The Morgan fingerprint density at radius 2 is 2.05 bits per heavy atom. The molecule has 1 aromatic heterocycles. The Labute approximate surface area is 119 Å². The lowest BCUT2D eigenvalue weighted by molar-refractivity contribution is 0.0787. The number of likely N-dealkylation sites (tertiary alicyclic amines) is 1. The second-order valence-electron chi connectivity index (χ2n) is 4.53. The van der Waals surface area contributed by atoms with Crippen LogP contribution < -0.4 is 0 Å². The molecule has 1 aliphatic rings. The van der Waals surface area contributed by atoms with Crippen LogP contribution in [-0.2, 0) is 0 Å². The average molecular weight is 321 g/mol. The molecule has 0 unspecified atom stereocenters. The van der Waals surface area contributed by atoms with Crippen molar-refractivity contribution in [2.24, 2.45) is 0 Å². The standard InChI is InChI=1S/C13H13BrN4O/c14-10-4-3-5-11(8-10)18-9-12(15-16-18)13(19)17-6-1-2-7-17/h3-5,8-9H,1-2,6-7H2. The van der Waals surface area contributed by atoms with Gasteiger partial charge in [-0.1, -0.05) is 27.2 Å². The predicted octanol–water partition coefficient (Wildman–Crippen LogP) is 2.27. The number of hydrogen-bond donors (Lipinski definition) is 0. The fraction of sp³-hybridized carbons (Fsp3) is 0.308. The maximum Gasteiger partial charge on any atom is 0.276 e. The highest BCUT2D eigenvalue weighted by atomic mass is 79.9. The third kappa shape index (κ3) is 2.53. The molecule has 1 aliphatic heterocycles. The smallest absolute Gasteiger partial charge is 0.276 e. The molecule has 0 N–H and O–H groups in total. The zero-order chi connectivity index (χ0) is 13.2. The van der Waals surface area contributed by atoms with Gasteiger partial charge in [0.2, 0.25) is 0 Å². The number of benzene rings is 1. The van der Waals surface area contributed by atoms with Crippen LogP contribution in [0.25, 0.3) is 5.69 Å². The summed E-state index contributed by atoms with van der Waals surface area (Å²) in [6.07, 6.45) is 3.83. The van der Waals surface area contributed by atoms with Crippen LogP contribution in [0.1, 0.15) is 23.3 Å². The van der Waals surface area contributed by atoms with Crippen molar-refractivity contribution in [1.82, 2.24) is 19.9 Å². The molecule has 0 aliphatic carbocycles. The van der Waals surface area contributed by atoms with E-state index in [2.05, 4.69) is 26.2 Å². The molecule has 1 amide bonds. The summed E-state index contributed by atoms with van der Waals surface area (Å²) in [5, 5.41) is 7.99. The van der Waals surface area contributed by atoms with E-state index in [9.17, 15) is 4.79 Å². The summed E-state index contributed by atoms with van der Waals surface area (Å²) in [7, 11) is 0. The van der Waals surface area contributed by atoms with E-state index in [1.54, 1.807) is 10.9 Å². The number of amides is 1. The Morgan fingerprint density at radius 1 is 1.26 bits per heavy atom. The predicted molar refractivity (Wildman–Crippen MR) is 74.2 cm³/mol. The van der Waals surface area contributed by atoms with Gasteiger partial charge in [-0.3, -0.25) is 4.79 Å². The zero-order valence-electron chi connectivity index (χ0n) is 10.3. The third-order valence-electron chi connectivity index (χ3n) is 3.18. The summed E-state index contributed by atoms with van der Waals surface area (Å²) < 4.78 is 2.58. The Kier molecular flexibility index (Phi) is 3.33. The van der Waals surface area contributed by atoms with E-state index >= 15 is 0 Å². The fourth-order valence-electron chi connectivity index (χ4n) is 2.19. The summed E-state index contributed by atoms with van der Waals surface area (Å²) in [5.74, 6) is -0.0289. The van der Waals surface area contributed by atoms with Crippen LogP contribution in [0.3, 0.4) is 0 Å². The number of aromatic nitrogens is 3. The van der Waals surface area contributed by atoms with Gasteiger partial charge in [-0.2, -0.15) is 0 Å². The molecule has 1 aromatic carbocycles. The molecule has 6 heteroatoms. The van der Waals surface area contributed by atoms with Crippen molar-refractivity contribution in [3.8, 4) is 5.69 Å². The fourth-order valence-corrected chi connectivity index (χ4v) is 2.58. The first-order chi connectivity index (χ1) is 9.24. The minimum absolute atomic E-state index is 0.0289. The molecule has 19 heavy (non-hydrogen) atoms. The van der Waals surface area contributed by atoms with E-state index in [-0.39, 0.29) is 5.91 Å². The molecule has 0 radical (unpaired) electrons. The van der Waals surface area contributed by atoms with Crippen LogP contribution in [0, 0.1) is 0 Å². The molecular formula is C13H13BrN4O. The van der Waals surface area contributed by atoms with Gasteiger partial charge in [0.1, 0.15) is 0 Å². The van der Waals surface area contributed by atoms with Gasteiger partial charge in [0.25, 0.3) is 5.91 Å². The molecule has 0 atom stereocenters. The summed E-state index contributed by atoms with van der Waals surface area (Å²) in [4.78, 5) is 14.0. The lowest BCUT2D eigenvalue weighted by atomic mass is 10.3. The molecule has 98 valence electrons. The van der Waals surface area contributed by atoms with Crippen molar-refractivity contribution in [1.29, 1.82) is 0 Å². The molecule has 0 saturated carbocycles. The first-order valence-electron chi connectivity index (χ1n) is 6.21. The number of nitrogens with zero attached hydrogens (tertiary/aromatic N) is 4. The average Bonchev–Trinajstić information content (AvgIpc) is 3.10. The minimum atomic E-state index is -0.0289. The molecule has 5 nitrogen and oxygen atoms in total. The number of halogens is 1. The Morgan fingerprint density at radius 3 is 2.79 bits per heavy atom. The Balaban J connectivity index is 1.85. The first-order valence-corrected chi connectivity index (χ1v) is 7.01. The molecule has 0 spiro atoms. The highest BCUT2D eigenvalue weighted by Crippen LogP contribution is 2.16. The second kappa shape index (κ2) is 5.13. The second-order valence-corrected chi connectivity index (χ2v) is 5.44. The van der Waals surface area contributed by atoms with Crippen molar-refractivity contribution < 1.29 is 4.79 Å². The molecule has 0 bridgehead atoms. The molecule has 2 aromatic rings. The lowest BCUT2D eigenvalue weighted by Crippen LogP contribution is -2.27. The maximum absolute atomic E-state index is 12.2. The Hall–Kier alpha value is -1.69. The molecule has 1 fully saturated rings. The van der Waals surface area contributed by atoms with Crippen molar-refractivity contribution in [2.75, 3.05) is 13.1 Å².